The van der Waals surface area contributed by atoms with Gasteiger partial charge in [0.1, 0.15) is 5.00 Å². The second-order valence-electron chi connectivity index (χ2n) is 6.48. The van der Waals surface area contributed by atoms with Gasteiger partial charge in [0.05, 0.1) is 18.4 Å². The van der Waals surface area contributed by atoms with E-state index in [1.165, 1.54) is 35.3 Å². The van der Waals surface area contributed by atoms with Crippen LogP contribution >= 0.6 is 46.7 Å². The Morgan fingerprint density at radius 3 is 2.59 bits per heavy atom. The third-order valence-electron chi connectivity index (χ3n) is 4.41. The number of hydrogen-bond acceptors (Lipinski definition) is 8. The highest BCUT2D eigenvalue weighted by molar-refractivity contribution is 8.00. The monoisotopic (exact) mass is 499 g/mol. The highest BCUT2D eigenvalue weighted by Crippen LogP contribution is 2.28. The Labute approximate surface area is 201 Å². The molecule has 2 aromatic carbocycles. The second-order valence-corrected chi connectivity index (χ2v) is 10.2. The van der Waals surface area contributed by atoms with E-state index in [2.05, 4.69) is 22.5 Å². The summed E-state index contributed by atoms with van der Waals surface area (Å²) in [7, 11) is 1.31. The quantitative estimate of drug-likeness (QED) is 0.189. The standard InChI is InChI=1S/C22H17N3O3S4/c1-28-20(27)17-11-12-30-19(17)23-18(26)15-7-9-16(10-8-15)25-22(29)32-21(24-25)31-13-14-5-3-2-4-6-14/h2-12H,13H2,1H3,(H,23,26). The van der Waals surface area contributed by atoms with Crippen molar-refractivity contribution in [2.24, 2.45) is 0 Å². The molecular weight excluding hydrogens is 483 g/mol. The van der Waals surface area contributed by atoms with Gasteiger partial charge in [-0.1, -0.05) is 53.4 Å². The fraction of sp³-hybridized carbons (Fsp3) is 0.0909. The molecule has 4 rings (SSSR count). The molecule has 0 radical (unpaired) electrons. The summed E-state index contributed by atoms with van der Waals surface area (Å²) in [4.78, 5) is 24.4. The number of amides is 1. The maximum absolute atomic E-state index is 12.6. The first kappa shape index (κ1) is 22.4. The molecule has 10 heteroatoms. The number of ether oxygens (including phenoxy) is 1. The summed E-state index contributed by atoms with van der Waals surface area (Å²) < 4.78 is 7.96. The van der Waals surface area contributed by atoms with Crippen molar-refractivity contribution in [3.63, 3.8) is 0 Å². The largest absolute Gasteiger partial charge is 0.465 e. The topological polar surface area (TPSA) is 73.2 Å². The van der Waals surface area contributed by atoms with Gasteiger partial charge in [0.25, 0.3) is 5.91 Å². The molecule has 0 unspecified atom stereocenters. The predicted octanol–water partition coefficient (Wildman–Crippen LogP) is 6.06. The van der Waals surface area contributed by atoms with E-state index in [-0.39, 0.29) is 5.91 Å². The van der Waals surface area contributed by atoms with Crippen molar-refractivity contribution in [3.8, 4) is 5.69 Å². The summed E-state index contributed by atoms with van der Waals surface area (Å²) in [6, 6.07) is 18.8. The number of hydrogen-bond donors (Lipinski definition) is 1. The van der Waals surface area contributed by atoms with Gasteiger partial charge < -0.3 is 10.1 Å². The van der Waals surface area contributed by atoms with Crippen molar-refractivity contribution in [1.29, 1.82) is 0 Å². The van der Waals surface area contributed by atoms with E-state index in [1.807, 2.05) is 18.2 Å². The van der Waals surface area contributed by atoms with Gasteiger partial charge in [0, 0.05) is 11.3 Å². The van der Waals surface area contributed by atoms with Crippen LogP contribution in [-0.2, 0) is 10.5 Å². The van der Waals surface area contributed by atoms with Gasteiger partial charge in [0.2, 0.25) is 0 Å². The number of nitrogens with zero attached hydrogens (tertiary/aromatic N) is 2. The third kappa shape index (κ3) is 5.16. The predicted molar refractivity (Wildman–Crippen MR) is 132 cm³/mol. The minimum atomic E-state index is -0.490. The number of anilines is 1. The van der Waals surface area contributed by atoms with Gasteiger partial charge >= 0.3 is 5.97 Å². The first-order chi connectivity index (χ1) is 15.5. The highest BCUT2D eigenvalue weighted by atomic mass is 32.2. The van der Waals surface area contributed by atoms with Crippen LogP contribution in [0.1, 0.15) is 26.3 Å². The van der Waals surface area contributed by atoms with E-state index in [4.69, 9.17) is 17.0 Å². The summed E-state index contributed by atoms with van der Waals surface area (Å²) >= 11 is 9.84. The third-order valence-corrected chi connectivity index (χ3v) is 7.67. The zero-order chi connectivity index (χ0) is 22.5. The van der Waals surface area contributed by atoms with E-state index in [0.717, 1.165) is 15.8 Å². The molecule has 0 saturated heterocycles. The van der Waals surface area contributed by atoms with Crippen LogP contribution in [0.2, 0.25) is 0 Å². The molecule has 6 nitrogen and oxygen atoms in total. The molecular formula is C22H17N3O3S4. The summed E-state index contributed by atoms with van der Waals surface area (Å²) in [5, 5.41) is 9.55. The Bertz CT molecular complexity index is 1290. The highest BCUT2D eigenvalue weighted by Gasteiger charge is 2.16. The Hall–Kier alpha value is -2.79. The summed E-state index contributed by atoms with van der Waals surface area (Å²) in [6.07, 6.45) is 0. The zero-order valence-electron chi connectivity index (χ0n) is 16.8. The second kappa shape index (κ2) is 10.2. The molecule has 2 aromatic heterocycles. The minimum absolute atomic E-state index is 0.315. The lowest BCUT2D eigenvalue weighted by Crippen LogP contribution is -2.13. The molecule has 0 aliphatic carbocycles. The van der Waals surface area contributed by atoms with Crippen LogP contribution in [0, 0.1) is 3.95 Å². The van der Waals surface area contributed by atoms with Gasteiger partial charge in [-0.2, -0.15) is 0 Å². The molecule has 0 spiro atoms. The lowest BCUT2D eigenvalue weighted by Gasteiger charge is -2.06. The Balaban J connectivity index is 1.45. The van der Waals surface area contributed by atoms with E-state index in [0.29, 0.717) is 20.1 Å². The van der Waals surface area contributed by atoms with Crippen LogP contribution in [0.25, 0.3) is 5.69 Å². The Morgan fingerprint density at radius 2 is 1.88 bits per heavy atom. The number of benzene rings is 2. The van der Waals surface area contributed by atoms with Crippen LogP contribution in [0.3, 0.4) is 0 Å². The number of carbonyl (C=O) groups excluding carboxylic acids is 2. The van der Waals surface area contributed by atoms with Gasteiger partial charge in [-0.3, -0.25) is 4.79 Å². The molecule has 0 aliphatic rings. The number of esters is 1. The molecule has 0 atom stereocenters. The number of nitrogens with one attached hydrogen (secondary N) is 1. The Kier molecular flexibility index (Phi) is 7.15. The van der Waals surface area contributed by atoms with E-state index < -0.39 is 5.97 Å². The average Bonchev–Trinajstić information content (AvgIpc) is 3.44. The van der Waals surface area contributed by atoms with Gasteiger partial charge in [-0.15, -0.1) is 16.4 Å². The lowest BCUT2D eigenvalue weighted by molar-refractivity contribution is 0.0602. The van der Waals surface area contributed by atoms with Crippen molar-refractivity contribution < 1.29 is 14.3 Å². The van der Waals surface area contributed by atoms with Crippen LogP contribution in [0.15, 0.2) is 70.4 Å². The maximum atomic E-state index is 12.6. The van der Waals surface area contributed by atoms with Gasteiger partial charge in [-0.05, 0) is 53.5 Å². The zero-order valence-corrected chi connectivity index (χ0v) is 20.1. The number of thioether (sulfide) groups is 1. The minimum Gasteiger partial charge on any atom is -0.465 e. The van der Waals surface area contributed by atoms with Gasteiger partial charge in [0.15, 0.2) is 8.29 Å². The van der Waals surface area contributed by atoms with E-state index in [9.17, 15) is 9.59 Å². The molecule has 32 heavy (non-hydrogen) atoms. The first-order valence-electron chi connectivity index (χ1n) is 9.39. The van der Waals surface area contributed by atoms with Crippen molar-refractivity contribution >= 4 is 63.5 Å². The smallest absolute Gasteiger partial charge is 0.340 e. The SMILES string of the molecule is COC(=O)c1ccsc1NC(=O)c1ccc(-n2nc(SCc3ccccc3)sc2=S)cc1. The number of rotatable bonds is 7. The Morgan fingerprint density at radius 1 is 1.12 bits per heavy atom. The van der Waals surface area contributed by atoms with E-state index in [1.54, 1.807) is 52.2 Å². The van der Waals surface area contributed by atoms with Gasteiger partial charge in [-0.25, -0.2) is 9.48 Å². The summed E-state index contributed by atoms with van der Waals surface area (Å²) in [6.45, 7) is 0. The van der Waals surface area contributed by atoms with Crippen LogP contribution in [0.5, 0.6) is 0 Å². The van der Waals surface area contributed by atoms with E-state index >= 15 is 0 Å². The maximum Gasteiger partial charge on any atom is 0.340 e. The molecule has 1 amide bonds. The lowest BCUT2D eigenvalue weighted by atomic mass is 10.2. The fourth-order valence-electron chi connectivity index (χ4n) is 2.81. The van der Waals surface area contributed by atoms with Crippen molar-refractivity contribution in [2.45, 2.75) is 10.1 Å². The van der Waals surface area contributed by atoms with Crippen molar-refractivity contribution in [3.05, 3.63) is 86.7 Å². The number of methoxy groups -OCH3 is 1. The fourth-order valence-corrected chi connectivity index (χ4v) is 5.89. The van der Waals surface area contributed by atoms with Crippen LogP contribution in [0.4, 0.5) is 5.00 Å². The van der Waals surface area contributed by atoms with Crippen LogP contribution < -0.4 is 5.32 Å². The molecule has 2 heterocycles. The molecule has 1 N–H and O–H groups in total. The summed E-state index contributed by atoms with van der Waals surface area (Å²) in [5.41, 5.74) is 2.79. The normalized spacial score (nSPS) is 10.7. The molecule has 0 fully saturated rings. The number of thiophene rings is 1. The molecule has 0 aliphatic heterocycles. The average molecular weight is 500 g/mol. The number of carbonyl (C=O) groups is 2. The number of aromatic nitrogens is 2. The van der Waals surface area contributed by atoms with Crippen molar-refractivity contribution in [1.82, 2.24) is 9.78 Å². The summed E-state index contributed by atoms with van der Waals surface area (Å²) in [5.74, 6) is 0.0132. The molecule has 0 bridgehead atoms. The van der Waals surface area contributed by atoms with Crippen LogP contribution in [-0.4, -0.2) is 28.8 Å². The van der Waals surface area contributed by atoms with Crippen molar-refractivity contribution in [2.75, 3.05) is 12.4 Å². The molecule has 162 valence electrons. The molecule has 0 saturated carbocycles. The molecule has 4 aromatic rings. The first-order valence-corrected chi connectivity index (χ1v) is 12.5.